The van der Waals surface area contributed by atoms with E-state index in [2.05, 4.69) is 21.2 Å². The van der Waals surface area contributed by atoms with Crippen LogP contribution in [0.25, 0.3) is 0 Å². The standard InChI is InChI=1S/C11H12BrF3N2O/c1-6(16)10(18)17-5-7-2-3-8(12)4-9(7)11(13,14)15/h2-4,6H,5,16H2,1H3,(H,17,18)/t6-/m1/s1. The van der Waals surface area contributed by atoms with Crippen LogP contribution in [-0.2, 0) is 17.5 Å². The molecule has 0 aliphatic rings. The third kappa shape index (κ3) is 3.99. The van der Waals surface area contributed by atoms with Crippen LogP contribution in [0.5, 0.6) is 0 Å². The number of hydrogen-bond donors (Lipinski definition) is 2. The molecular weight excluding hydrogens is 313 g/mol. The monoisotopic (exact) mass is 324 g/mol. The number of rotatable bonds is 3. The summed E-state index contributed by atoms with van der Waals surface area (Å²) in [6, 6.07) is 3.03. The molecule has 100 valence electrons. The van der Waals surface area contributed by atoms with Crippen LogP contribution in [0, 0.1) is 0 Å². The van der Waals surface area contributed by atoms with Crippen molar-refractivity contribution in [1.29, 1.82) is 0 Å². The highest BCUT2D eigenvalue weighted by molar-refractivity contribution is 9.10. The van der Waals surface area contributed by atoms with E-state index in [9.17, 15) is 18.0 Å². The van der Waals surface area contributed by atoms with Crippen LogP contribution < -0.4 is 11.1 Å². The summed E-state index contributed by atoms with van der Waals surface area (Å²) in [5, 5.41) is 2.35. The molecule has 1 amide bonds. The van der Waals surface area contributed by atoms with Gasteiger partial charge in [-0.1, -0.05) is 22.0 Å². The fourth-order valence-electron chi connectivity index (χ4n) is 1.31. The average molecular weight is 325 g/mol. The van der Waals surface area contributed by atoms with Gasteiger partial charge in [-0.15, -0.1) is 0 Å². The topological polar surface area (TPSA) is 55.1 Å². The van der Waals surface area contributed by atoms with Gasteiger partial charge in [0.2, 0.25) is 5.91 Å². The third-order valence-corrected chi connectivity index (χ3v) is 2.74. The Morgan fingerprint density at radius 1 is 1.50 bits per heavy atom. The maximum absolute atomic E-state index is 12.8. The van der Waals surface area contributed by atoms with Crippen LogP contribution >= 0.6 is 15.9 Å². The minimum atomic E-state index is -4.46. The summed E-state index contributed by atoms with van der Waals surface area (Å²) in [5.41, 5.74) is 4.53. The van der Waals surface area contributed by atoms with Crippen molar-refractivity contribution in [1.82, 2.24) is 5.32 Å². The van der Waals surface area contributed by atoms with Crippen LogP contribution in [0.4, 0.5) is 13.2 Å². The summed E-state index contributed by atoms with van der Waals surface area (Å²) < 4.78 is 38.6. The molecule has 0 bridgehead atoms. The van der Waals surface area contributed by atoms with Crippen LogP contribution in [0.3, 0.4) is 0 Å². The number of benzene rings is 1. The second-order valence-corrected chi connectivity index (χ2v) is 4.72. The highest BCUT2D eigenvalue weighted by Crippen LogP contribution is 2.33. The van der Waals surface area contributed by atoms with Gasteiger partial charge in [0.25, 0.3) is 0 Å². The molecule has 0 aliphatic heterocycles. The summed E-state index contributed by atoms with van der Waals surface area (Å²) >= 11 is 2.98. The van der Waals surface area contributed by atoms with Crippen LogP contribution in [0.1, 0.15) is 18.1 Å². The summed E-state index contributed by atoms with van der Waals surface area (Å²) in [5.74, 6) is -0.494. The minimum absolute atomic E-state index is 0.000278. The average Bonchev–Trinajstić information content (AvgIpc) is 2.25. The fourth-order valence-corrected chi connectivity index (χ4v) is 1.67. The number of nitrogens with one attached hydrogen (secondary N) is 1. The Hall–Kier alpha value is -1.08. The van der Waals surface area contributed by atoms with Crippen molar-refractivity contribution >= 4 is 21.8 Å². The second kappa shape index (κ2) is 5.71. The lowest BCUT2D eigenvalue weighted by Gasteiger charge is -2.14. The van der Waals surface area contributed by atoms with Crippen LogP contribution in [-0.4, -0.2) is 11.9 Å². The SMILES string of the molecule is C[C@@H](N)C(=O)NCc1ccc(Br)cc1C(F)(F)F. The van der Waals surface area contributed by atoms with Gasteiger partial charge < -0.3 is 11.1 Å². The zero-order valence-electron chi connectivity index (χ0n) is 9.51. The molecule has 1 rings (SSSR count). The molecule has 1 aromatic rings. The molecule has 3 N–H and O–H groups in total. The van der Waals surface area contributed by atoms with Gasteiger partial charge in [0.15, 0.2) is 0 Å². The first-order chi connectivity index (χ1) is 8.21. The Kier molecular flexibility index (Phi) is 4.75. The molecule has 0 radical (unpaired) electrons. The normalized spacial score (nSPS) is 13.2. The predicted octanol–water partition coefficient (Wildman–Crippen LogP) is 2.43. The van der Waals surface area contributed by atoms with Gasteiger partial charge in [0.05, 0.1) is 11.6 Å². The maximum Gasteiger partial charge on any atom is 0.416 e. The zero-order chi connectivity index (χ0) is 13.9. The van der Waals surface area contributed by atoms with Gasteiger partial charge in [0.1, 0.15) is 0 Å². The van der Waals surface area contributed by atoms with Gasteiger partial charge in [0, 0.05) is 11.0 Å². The van der Waals surface area contributed by atoms with E-state index in [0.29, 0.717) is 4.47 Å². The van der Waals surface area contributed by atoms with E-state index in [1.54, 1.807) is 0 Å². The van der Waals surface area contributed by atoms with E-state index < -0.39 is 23.7 Å². The van der Waals surface area contributed by atoms with E-state index in [1.807, 2.05) is 0 Å². The molecule has 0 heterocycles. The fraction of sp³-hybridized carbons (Fsp3) is 0.364. The molecule has 1 atom stereocenters. The smallest absolute Gasteiger partial charge is 0.351 e. The lowest BCUT2D eigenvalue weighted by Crippen LogP contribution is -2.38. The second-order valence-electron chi connectivity index (χ2n) is 3.81. The van der Waals surface area contributed by atoms with Gasteiger partial charge in [-0.2, -0.15) is 13.2 Å². The molecule has 1 aromatic carbocycles. The highest BCUT2D eigenvalue weighted by Gasteiger charge is 2.33. The van der Waals surface area contributed by atoms with Crippen molar-refractivity contribution < 1.29 is 18.0 Å². The number of halogens is 4. The Morgan fingerprint density at radius 2 is 2.11 bits per heavy atom. The predicted molar refractivity (Wildman–Crippen MR) is 64.6 cm³/mol. The van der Waals surface area contributed by atoms with Crippen molar-refractivity contribution in [3.05, 3.63) is 33.8 Å². The summed E-state index contributed by atoms with van der Waals surface area (Å²) in [6.07, 6.45) is -4.46. The lowest BCUT2D eigenvalue weighted by molar-refractivity contribution is -0.138. The first kappa shape index (κ1) is 15.0. The Balaban J connectivity index is 2.92. The molecule has 18 heavy (non-hydrogen) atoms. The number of amides is 1. The first-order valence-electron chi connectivity index (χ1n) is 5.10. The lowest BCUT2D eigenvalue weighted by atomic mass is 10.1. The van der Waals surface area contributed by atoms with Crippen molar-refractivity contribution in [3.63, 3.8) is 0 Å². The number of hydrogen-bond acceptors (Lipinski definition) is 2. The molecule has 3 nitrogen and oxygen atoms in total. The third-order valence-electron chi connectivity index (χ3n) is 2.24. The summed E-state index contributed by atoms with van der Waals surface area (Å²) in [7, 11) is 0. The van der Waals surface area contributed by atoms with Crippen LogP contribution in [0.15, 0.2) is 22.7 Å². The van der Waals surface area contributed by atoms with Gasteiger partial charge in [-0.25, -0.2) is 0 Å². The van der Waals surface area contributed by atoms with E-state index >= 15 is 0 Å². The van der Waals surface area contributed by atoms with E-state index in [1.165, 1.54) is 19.1 Å². The van der Waals surface area contributed by atoms with E-state index in [-0.39, 0.29) is 12.1 Å². The van der Waals surface area contributed by atoms with Gasteiger partial charge in [-0.05, 0) is 24.6 Å². The van der Waals surface area contributed by atoms with Crippen LogP contribution in [0.2, 0.25) is 0 Å². The molecule has 0 spiro atoms. The first-order valence-corrected chi connectivity index (χ1v) is 5.90. The van der Waals surface area contributed by atoms with E-state index in [0.717, 1.165) is 6.07 Å². The molecular formula is C11H12BrF3N2O. The minimum Gasteiger partial charge on any atom is -0.351 e. The number of carbonyl (C=O) groups is 1. The largest absolute Gasteiger partial charge is 0.416 e. The Morgan fingerprint density at radius 3 is 2.61 bits per heavy atom. The maximum atomic E-state index is 12.8. The molecule has 0 aliphatic carbocycles. The molecule has 0 saturated heterocycles. The van der Waals surface area contributed by atoms with Gasteiger partial charge in [-0.3, -0.25) is 4.79 Å². The highest BCUT2D eigenvalue weighted by atomic mass is 79.9. The Bertz CT molecular complexity index is 446. The number of nitrogens with two attached hydrogens (primary N) is 1. The summed E-state index contributed by atoms with van der Waals surface area (Å²) in [6.45, 7) is 1.25. The van der Waals surface area contributed by atoms with Crippen molar-refractivity contribution in [2.75, 3.05) is 0 Å². The zero-order valence-corrected chi connectivity index (χ0v) is 11.1. The molecule has 0 fully saturated rings. The molecule has 0 unspecified atom stereocenters. The number of alkyl halides is 3. The summed E-state index contributed by atoms with van der Waals surface area (Å²) in [4.78, 5) is 11.2. The quantitative estimate of drug-likeness (QED) is 0.897. The van der Waals surface area contributed by atoms with E-state index in [4.69, 9.17) is 5.73 Å². The van der Waals surface area contributed by atoms with Crippen molar-refractivity contribution in [2.45, 2.75) is 25.7 Å². The van der Waals surface area contributed by atoms with Crippen molar-refractivity contribution in [3.8, 4) is 0 Å². The van der Waals surface area contributed by atoms with Gasteiger partial charge >= 0.3 is 6.18 Å². The number of carbonyl (C=O) groups excluding carboxylic acids is 1. The molecule has 0 aromatic heterocycles. The Labute approximate surface area is 111 Å². The molecule has 7 heteroatoms. The van der Waals surface area contributed by atoms with Crippen molar-refractivity contribution in [2.24, 2.45) is 5.73 Å². The molecule has 0 saturated carbocycles.